The highest BCUT2D eigenvalue weighted by molar-refractivity contribution is 6.41. The summed E-state index contributed by atoms with van der Waals surface area (Å²) in [5, 5.41) is 0.927. The van der Waals surface area contributed by atoms with Gasteiger partial charge in [-0.2, -0.15) is 0 Å². The standard InChI is InChI=1S/C16H16Cl2N2O/c1-9-7-13(19)14(15(18)11(9)8-21)16(20-2)10-5-3-4-6-12(10)17/h3-6,8-9H,7,19H2,1-2H3. The largest absolute Gasteiger partial charge is 0.401 e. The lowest BCUT2D eigenvalue weighted by Gasteiger charge is -2.24. The normalized spacial score (nSPS) is 20.0. The summed E-state index contributed by atoms with van der Waals surface area (Å²) < 4.78 is 0. The van der Waals surface area contributed by atoms with Gasteiger partial charge < -0.3 is 5.73 Å². The van der Waals surface area contributed by atoms with Crippen LogP contribution in [0.15, 0.2) is 51.1 Å². The van der Waals surface area contributed by atoms with Crippen LogP contribution in [0.4, 0.5) is 0 Å². The Labute approximate surface area is 134 Å². The van der Waals surface area contributed by atoms with Gasteiger partial charge in [0.2, 0.25) is 0 Å². The van der Waals surface area contributed by atoms with Gasteiger partial charge in [-0.3, -0.25) is 9.79 Å². The van der Waals surface area contributed by atoms with Crippen LogP contribution in [0.5, 0.6) is 0 Å². The Bertz CT molecular complexity index is 675. The Morgan fingerprint density at radius 3 is 2.62 bits per heavy atom. The summed E-state index contributed by atoms with van der Waals surface area (Å²) >= 11 is 12.6. The summed E-state index contributed by atoms with van der Waals surface area (Å²) in [6.45, 7) is 1.92. The van der Waals surface area contributed by atoms with Crippen molar-refractivity contribution in [2.75, 3.05) is 7.05 Å². The summed E-state index contributed by atoms with van der Waals surface area (Å²) in [7, 11) is 1.65. The summed E-state index contributed by atoms with van der Waals surface area (Å²) in [6, 6.07) is 7.34. The summed E-state index contributed by atoms with van der Waals surface area (Å²) in [6.07, 6.45) is 1.36. The molecule has 0 saturated carbocycles. The molecule has 0 radical (unpaired) electrons. The third kappa shape index (κ3) is 2.89. The molecular weight excluding hydrogens is 307 g/mol. The molecule has 0 aromatic heterocycles. The third-order valence-corrected chi connectivity index (χ3v) is 4.30. The van der Waals surface area contributed by atoms with E-state index in [1.807, 2.05) is 25.1 Å². The molecule has 110 valence electrons. The molecule has 0 fully saturated rings. The molecule has 0 amide bonds. The van der Waals surface area contributed by atoms with E-state index in [0.29, 0.717) is 39.0 Å². The van der Waals surface area contributed by atoms with Gasteiger partial charge in [0.05, 0.1) is 10.7 Å². The zero-order valence-corrected chi connectivity index (χ0v) is 13.4. The summed E-state index contributed by atoms with van der Waals surface area (Å²) in [4.78, 5) is 15.6. The van der Waals surface area contributed by atoms with E-state index in [0.717, 1.165) is 11.8 Å². The second kappa shape index (κ2) is 6.46. The maximum atomic E-state index is 11.3. The zero-order chi connectivity index (χ0) is 15.6. The van der Waals surface area contributed by atoms with Gasteiger partial charge in [0.15, 0.2) is 0 Å². The lowest BCUT2D eigenvalue weighted by Crippen LogP contribution is -2.22. The monoisotopic (exact) mass is 322 g/mol. The number of halogens is 2. The van der Waals surface area contributed by atoms with Gasteiger partial charge >= 0.3 is 0 Å². The number of hydrogen-bond donors (Lipinski definition) is 1. The quantitative estimate of drug-likeness (QED) is 0.681. The van der Waals surface area contributed by atoms with Crippen molar-refractivity contribution in [2.24, 2.45) is 16.6 Å². The molecule has 1 unspecified atom stereocenters. The first-order valence-corrected chi connectivity index (χ1v) is 7.32. The Balaban J connectivity index is 2.63. The van der Waals surface area contributed by atoms with Crippen molar-refractivity contribution in [3.8, 4) is 0 Å². The number of nitrogens with two attached hydrogens (primary N) is 1. The molecule has 3 nitrogen and oxygen atoms in total. The van der Waals surface area contributed by atoms with Crippen molar-refractivity contribution >= 4 is 35.2 Å². The van der Waals surface area contributed by atoms with Gasteiger partial charge in [-0.05, 0) is 18.4 Å². The Kier molecular flexibility index (Phi) is 4.86. The van der Waals surface area contributed by atoms with Crippen molar-refractivity contribution in [3.05, 3.63) is 56.7 Å². The van der Waals surface area contributed by atoms with Gasteiger partial charge in [0, 0.05) is 34.5 Å². The molecule has 1 atom stereocenters. The lowest BCUT2D eigenvalue weighted by molar-refractivity contribution is -0.105. The van der Waals surface area contributed by atoms with Gasteiger partial charge in [-0.1, -0.05) is 48.3 Å². The molecule has 1 aromatic rings. The maximum absolute atomic E-state index is 11.3. The zero-order valence-electron chi connectivity index (χ0n) is 11.9. The molecule has 0 saturated heterocycles. The molecule has 1 aliphatic carbocycles. The number of nitrogens with zero attached hydrogens (tertiary/aromatic N) is 1. The molecule has 0 aliphatic heterocycles. The second-order valence-electron chi connectivity index (χ2n) is 4.94. The van der Waals surface area contributed by atoms with Gasteiger partial charge in [-0.15, -0.1) is 0 Å². The van der Waals surface area contributed by atoms with Crippen LogP contribution in [0, 0.1) is 5.92 Å². The fourth-order valence-corrected chi connectivity index (χ4v) is 3.15. The lowest BCUT2D eigenvalue weighted by atomic mass is 9.85. The average Bonchev–Trinajstić information content (AvgIpc) is 2.44. The fraction of sp³-hybridized carbons (Fsp3) is 0.250. The minimum Gasteiger partial charge on any atom is -0.401 e. The minimum atomic E-state index is 0.00287. The topological polar surface area (TPSA) is 55.4 Å². The van der Waals surface area contributed by atoms with E-state index >= 15 is 0 Å². The number of hydrogen-bond acceptors (Lipinski definition) is 3. The Hall–Kier alpha value is -1.58. The first kappa shape index (κ1) is 15.8. The number of aliphatic imine (C=N–C) groups is 1. The molecule has 0 spiro atoms. The van der Waals surface area contributed by atoms with Crippen molar-refractivity contribution < 1.29 is 4.79 Å². The van der Waals surface area contributed by atoms with Crippen LogP contribution >= 0.6 is 23.2 Å². The first-order chi connectivity index (χ1) is 10.0. The van der Waals surface area contributed by atoms with E-state index in [-0.39, 0.29) is 5.92 Å². The molecule has 1 aliphatic rings. The number of rotatable bonds is 3. The smallest absolute Gasteiger partial charge is 0.147 e. The van der Waals surface area contributed by atoms with E-state index < -0.39 is 0 Å². The Morgan fingerprint density at radius 1 is 1.38 bits per heavy atom. The van der Waals surface area contributed by atoms with E-state index in [4.69, 9.17) is 28.9 Å². The molecule has 0 bridgehead atoms. The number of carbonyl (C=O) groups is 1. The Morgan fingerprint density at radius 2 is 2.05 bits per heavy atom. The molecule has 2 rings (SSSR count). The predicted octanol–water partition coefficient (Wildman–Crippen LogP) is 3.70. The predicted molar refractivity (Wildman–Crippen MR) is 87.9 cm³/mol. The minimum absolute atomic E-state index is 0.00287. The molecular formula is C16H16Cl2N2O. The SMILES string of the molecule is CN=C(C1=C(N)CC(C)C(C=O)=C1Cl)c1ccccc1Cl. The van der Waals surface area contributed by atoms with Crippen LogP contribution in [-0.4, -0.2) is 19.0 Å². The van der Waals surface area contributed by atoms with E-state index in [2.05, 4.69) is 4.99 Å². The number of benzene rings is 1. The van der Waals surface area contributed by atoms with Gasteiger partial charge in [0.1, 0.15) is 6.29 Å². The van der Waals surface area contributed by atoms with Gasteiger partial charge in [0.25, 0.3) is 0 Å². The van der Waals surface area contributed by atoms with Crippen LogP contribution < -0.4 is 5.73 Å². The van der Waals surface area contributed by atoms with Crippen LogP contribution in [0.1, 0.15) is 18.9 Å². The van der Waals surface area contributed by atoms with E-state index in [1.54, 1.807) is 13.1 Å². The van der Waals surface area contributed by atoms with Crippen molar-refractivity contribution in [1.82, 2.24) is 0 Å². The molecule has 21 heavy (non-hydrogen) atoms. The first-order valence-electron chi connectivity index (χ1n) is 6.57. The highest BCUT2D eigenvalue weighted by Crippen LogP contribution is 2.36. The van der Waals surface area contributed by atoms with E-state index in [9.17, 15) is 4.79 Å². The van der Waals surface area contributed by atoms with Crippen LogP contribution in [0.25, 0.3) is 0 Å². The third-order valence-electron chi connectivity index (χ3n) is 3.57. The van der Waals surface area contributed by atoms with Crippen LogP contribution in [0.3, 0.4) is 0 Å². The van der Waals surface area contributed by atoms with Crippen LogP contribution in [-0.2, 0) is 4.79 Å². The number of carbonyl (C=O) groups excluding carboxylic acids is 1. The molecule has 2 N–H and O–H groups in total. The highest BCUT2D eigenvalue weighted by atomic mass is 35.5. The summed E-state index contributed by atoms with van der Waals surface area (Å²) in [5.41, 5.74) is 9.29. The van der Waals surface area contributed by atoms with Gasteiger partial charge in [-0.25, -0.2) is 0 Å². The molecule has 0 heterocycles. The van der Waals surface area contributed by atoms with Crippen molar-refractivity contribution in [3.63, 3.8) is 0 Å². The highest BCUT2D eigenvalue weighted by Gasteiger charge is 2.28. The fourth-order valence-electron chi connectivity index (χ4n) is 2.49. The van der Waals surface area contributed by atoms with E-state index in [1.165, 1.54) is 0 Å². The second-order valence-corrected chi connectivity index (χ2v) is 5.73. The van der Waals surface area contributed by atoms with Crippen LogP contribution in [0.2, 0.25) is 5.02 Å². The molecule has 5 heteroatoms. The number of allylic oxidation sites excluding steroid dienone is 4. The van der Waals surface area contributed by atoms with Crippen molar-refractivity contribution in [2.45, 2.75) is 13.3 Å². The maximum Gasteiger partial charge on any atom is 0.147 e. The molecule has 1 aromatic carbocycles. The average molecular weight is 323 g/mol. The summed E-state index contributed by atoms with van der Waals surface area (Å²) in [5.74, 6) is 0.00287. The number of aldehydes is 1. The van der Waals surface area contributed by atoms with Crippen molar-refractivity contribution in [1.29, 1.82) is 0 Å².